The molecule has 0 aromatic carbocycles. The molecule has 6 nitrogen and oxygen atoms in total. The van der Waals surface area contributed by atoms with Gasteiger partial charge in [-0.2, -0.15) is 0 Å². The second-order valence-corrected chi connectivity index (χ2v) is 14.6. The molecule has 0 aromatic heterocycles. The molecule has 0 spiro atoms. The van der Waals surface area contributed by atoms with Gasteiger partial charge in [-0.15, -0.1) is 0 Å². The van der Waals surface area contributed by atoms with Crippen molar-refractivity contribution in [3.05, 3.63) is 12.2 Å². The van der Waals surface area contributed by atoms with Crippen molar-refractivity contribution in [1.82, 2.24) is 4.90 Å². The summed E-state index contributed by atoms with van der Waals surface area (Å²) in [6.07, 6.45) is -0.344. The number of esters is 1. The summed E-state index contributed by atoms with van der Waals surface area (Å²) in [6, 6.07) is -0.837. The predicted octanol–water partition coefficient (Wildman–Crippen LogP) is 2.04. The van der Waals surface area contributed by atoms with Crippen LogP contribution in [0.15, 0.2) is 12.2 Å². The molecular formula is C17H29NO5SSi. The highest BCUT2D eigenvalue weighted by Crippen LogP contribution is 2.44. The van der Waals surface area contributed by atoms with Crippen molar-refractivity contribution < 1.29 is 23.0 Å². The van der Waals surface area contributed by atoms with Crippen LogP contribution in [0.25, 0.3) is 0 Å². The molecule has 2 heterocycles. The van der Waals surface area contributed by atoms with Crippen molar-refractivity contribution in [3.8, 4) is 0 Å². The molecule has 2 aliphatic heterocycles. The summed E-state index contributed by atoms with van der Waals surface area (Å²) in [5, 5.41) is -0.496. The molecule has 25 heavy (non-hydrogen) atoms. The second kappa shape index (κ2) is 6.63. The molecule has 2 saturated heterocycles. The van der Waals surface area contributed by atoms with Crippen LogP contribution in [-0.2, 0) is 29.6 Å². The number of carbonyl (C=O) groups is 2. The summed E-state index contributed by atoms with van der Waals surface area (Å²) in [5.41, 5.74) is 0.464. The topological polar surface area (TPSA) is 72.9 Å². The number of hydrogen-bond acceptors (Lipinski definition) is 5. The number of methoxy groups -OCH3 is 1. The lowest BCUT2D eigenvalue weighted by Crippen LogP contribution is -2.73. The van der Waals surface area contributed by atoms with Crippen molar-refractivity contribution in [2.45, 2.75) is 63.3 Å². The maximum atomic E-state index is 12.8. The Bertz CT molecular complexity index is 627. The third-order valence-electron chi connectivity index (χ3n) is 5.60. The van der Waals surface area contributed by atoms with Crippen LogP contribution in [0.4, 0.5) is 0 Å². The van der Waals surface area contributed by atoms with Gasteiger partial charge in [-0.05, 0) is 30.6 Å². The SMILES string of the molecule is C=C1CS(=O)[C@@H]2[C@@H]([C@@H](C)O[Si](C)(C)C(C)(C)C)C(=O)N2[C@H]1C(=O)OC. The maximum absolute atomic E-state index is 12.8. The average Bonchev–Trinajstić information content (AvgIpc) is 2.45. The molecule has 0 radical (unpaired) electrons. The van der Waals surface area contributed by atoms with Gasteiger partial charge >= 0.3 is 5.97 Å². The van der Waals surface area contributed by atoms with Crippen molar-refractivity contribution in [2.24, 2.45) is 5.92 Å². The van der Waals surface area contributed by atoms with Gasteiger partial charge in [0.25, 0.3) is 0 Å². The van der Waals surface area contributed by atoms with Gasteiger partial charge in [0, 0.05) is 16.6 Å². The van der Waals surface area contributed by atoms with Crippen LogP contribution < -0.4 is 0 Å². The molecule has 2 rings (SSSR count). The standard InChI is InChI=1S/C17H29NO5SSi/c1-10-9-24(21)15-12(11(2)23-25(7,8)17(3,4)5)14(19)18(15)13(10)16(20)22-6/h11-13,15H,1,9H2,2-8H3/t11-,12+,13-,15-,24?/m1/s1. The number of fused-ring (bicyclic) bond motifs is 1. The van der Waals surface area contributed by atoms with Crippen molar-refractivity contribution >= 4 is 31.0 Å². The van der Waals surface area contributed by atoms with Crippen molar-refractivity contribution in [1.29, 1.82) is 0 Å². The molecule has 0 N–H and O–H groups in total. The molecule has 0 aliphatic carbocycles. The van der Waals surface area contributed by atoms with Crippen LogP contribution in [0.3, 0.4) is 0 Å². The Kier molecular flexibility index (Phi) is 5.39. The van der Waals surface area contributed by atoms with Gasteiger partial charge in [-0.3, -0.25) is 9.00 Å². The van der Waals surface area contributed by atoms with Crippen LogP contribution in [0, 0.1) is 5.92 Å². The molecule has 2 fully saturated rings. The highest BCUT2D eigenvalue weighted by atomic mass is 32.2. The largest absolute Gasteiger partial charge is 0.467 e. The van der Waals surface area contributed by atoms with Crippen LogP contribution >= 0.6 is 0 Å². The van der Waals surface area contributed by atoms with Gasteiger partial charge in [0.15, 0.2) is 14.4 Å². The van der Waals surface area contributed by atoms with Crippen molar-refractivity contribution in [3.63, 3.8) is 0 Å². The maximum Gasteiger partial charge on any atom is 0.332 e. The van der Waals surface area contributed by atoms with E-state index in [1.807, 2.05) is 6.92 Å². The van der Waals surface area contributed by atoms with Gasteiger partial charge in [-0.25, -0.2) is 4.79 Å². The fourth-order valence-corrected chi connectivity index (χ4v) is 6.43. The van der Waals surface area contributed by atoms with E-state index in [0.29, 0.717) is 5.57 Å². The number of ether oxygens (including phenoxy) is 1. The van der Waals surface area contributed by atoms with Crippen LogP contribution in [0.5, 0.6) is 0 Å². The van der Waals surface area contributed by atoms with Gasteiger partial charge in [0.1, 0.15) is 5.37 Å². The Morgan fingerprint density at radius 2 is 1.96 bits per heavy atom. The number of amides is 1. The smallest absolute Gasteiger partial charge is 0.332 e. The Hall–Kier alpha value is -0.993. The molecule has 2 aliphatic rings. The summed E-state index contributed by atoms with van der Waals surface area (Å²) >= 11 is 0. The third-order valence-corrected chi connectivity index (χ3v) is 11.9. The minimum absolute atomic E-state index is 0.0162. The Balaban J connectivity index is 2.23. The monoisotopic (exact) mass is 387 g/mol. The Morgan fingerprint density at radius 1 is 1.40 bits per heavy atom. The summed E-state index contributed by atoms with van der Waals surface area (Å²) in [7, 11) is -2.07. The molecule has 5 atom stereocenters. The molecule has 0 aromatic rings. The highest BCUT2D eigenvalue weighted by molar-refractivity contribution is 7.86. The fraction of sp³-hybridized carbons (Fsp3) is 0.765. The molecule has 1 amide bonds. The third kappa shape index (κ3) is 3.36. The number of β-lactam (4-membered cyclic amide) rings is 1. The van der Waals surface area contributed by atoms with Crippen LogP contribution in [-0.4, -0.2) is 59.7 Å². The quantitative estimate of drug-likeness (QED) is 0.319. The summed E-state index contributed by atoms with van der Waals surface area (Å²) in [5.74, 6) is -1.02. The lowest BCUT2D eigenvalue weighted by molar-refractivity contribution is -0.168. The predicted molar refractivity (Wildman–Crippen MR) is 99.8 cm³/mol. The first-order valence-corrected chi connectivity index (χ1v) is 12.7. The van der Waals surface area contributed by atoms with E-state index in [4.69, 9.17) is 9.16 Å². The molecular weight excluding hydrogens is 358 g/mol. The van der Waals surface area contributed by atoms with Gasteiger partial charge in [-0.1, -0.05) is 27.4 Å². The molecule has 8 heteroatoms. The van der Waals surface area contributed by atoms with Gasteiger partial charge < -0.3 is 14.1 Å². The zero-order chi connectivity index (χ0) is 19.3. The number of carbonyl (C=O) groups excluding carboxylic acids is 2. The first-order chi connectivity index (χ1) is 11.3. The van der Waals surface area contributed by atoms with E-state index in [-0.39, 0.29) is 22.8 Å². The second-order valence-electron chi connectivity index (χ2n) is 8.35. The first-order valence-electron chi connectivity index (χ1n) is 8.46. The number of nitrogens with zero attached hydrogens (tertiary/aromatic N) is 1. The Morgan fingerprint density at radius 3 is 2.44 bits per heavy atom. The number of hydrogen-bond donors (Lipinski definition) is 0. The average molecular weight is 388 g/mol. The normalized spacial score (nSPS) is 31.2. The number of rotatable bonds is 4. The fourth-order valence-electron chi connectivity index (χ4n) is 3.16. The summed E-state index contributed by atoms with van der Waals surface area (Å²) < 4.78 is 23.7. The molecule has 142 valence electrons. The van der Waals surface area contributed by atoms with Crippen LogP contribution in [0.2, 0.25) is 18.1 Å². The Labute approximate surface area is 153 Å². The lowest BCUT2D eigenvalue weighted by atomic mass is 9.89. The molecule has 1 unspecified atom stereocenters. The van der Waals surface area contributed by atoms with Crippen LogP contribution in [0.1, 0.15) is 27.7 Å². The van der Waals surface area contributed by atoms with E-state index in [1.54, 1.807) is 0 Å². The lowest BCUT2D eigenvalue weighted by Gasteiger charge is -2.55. The van der Waals surface area contributed by atoms with Crippen molar-refractivity contribution in [2.75, 3.05) is 12.9 Å². The van der Waals surface area contributed by atoms with E-state index in [1.165, 1.54) is 12.0 Å². The minimum atomic E-state index is -2.06. The summed E-state index contributed by atoms with van der Waals surface area (Å²) in [4.78, 5) is 26.2. The van der Waals surface area contributed by atoms with E-state index < -0.39 is 42.4 Å². The summed E-state index contributed by atoms with van der Waals surface area (Å²) in [6.45, 7) is 16.3. The minimum Gasteiger partial charge on any atom is -0.467 e. The van der Waals surface area contributed by atoms with Gasteiger partial charge in [0.05, 0.1) is 19.1 Å². The zero-order valence-corrected chi connectivity index (χ0v) is 17.9. The zero-order valence-electron chi connectivity index (χ0n) is 16.1. The molecule has 0 bridgehead atoms. The highest BCUT2D eigenvalue weighted by Gasteiger charge is 2.61. The first kappa shape index (κ1) is 20.3. The molecule has 0 saturated carbocycles. The van der Waals surface area contributed by atoms with E-state index >= 15 is 0 Å². The van der Waals surface area contributed by atoms with E-state index in [2.05, 4.69) is 40.4 Å². The van der Waals surface area contributed by atoms with E-state index in [0.717, 1.165) is 0 Å². The van der Waals surface area contributed by atoms with E-state index in [9.17, 15) is 13.8 Å². The van der Waals surface area contributed by atoms with Gasteiger partial charge in [0.2, 0.25) is 5.91 Å².